The van der Waals surface area contributed by atoms with Crippen LogP contribution in [0, 0.1) is 20.8 Å². The number of ketones is 2. The molecule has 0 fully saturated rings. The van der Waals surface area contributed by atoms with Gasteiger partial charge in [-0.05, 0) is 101 Å². The molecule has 492 valence electrons. The van der Waals surface area contributed by atoms with E-state index in [1.807, 2.05) is 0 Å². The van der Waals surface area contributed by atoms with Crippen LogP contribution in [0.3, 0.4) is 0 Å². The van der Waals surface area contributed by atoms with Gasteiger partial charge >= 0.3 is 34.2 Å². The summed E-state index contributed by atoms with van der Waals surface area (Å²) in [4.78, 5) is 61.4. The number of carboxylic acid groups (broad SMARTS) is 1. The minimum Gasteiger partial charge on any atom is -0.481 e. The predicted octanol–water partition coefficient (Wildman–Crippen LogP) is 4.80. The van der Waals surface area contributed by atoms with Gasteiger partial charge in [0.1, 0.15) is 31.0 Å². The normalized spacial score (nSPS) is 13.0. The van der Waals surface area contributed by atoms with Crippen LogP contribution in [0.4, 0.5) is 57.4 Å². The first-order valence-corrected chi connectivity index (χ1v) is 35.0. The number of hydrogen-bond acceptors (Lipinski definition) is 27. The van der Waals surface area contributed by atoms with Crippen molar-refractivity contribution in [3.63, 3.8) is 0 Å². The Bertz CT molecular complexity index is 5410. The Balaban J connectivity index is 1.23. The molecule has 0 bridgehead atoms. The van der Waals surface area contributed by atoms with Crippen LogP contribution in [-0.4, -0.2) is 136 Å². The zero-order valence-corrected chi connectivity index (χ0v) is 52.9. The first kappa shape index (κ1) is 68.4. The van der Waals surface area contributed by atoms with E-state index in [9.17, 15) is 93.0 Å². The van der Waals surface area contributed by atoms with Crippen molar-refractivity contribution in [3.05, 3.63) is 142 Å². The molecular weight excluding hydrogens is 1370 g/mol. The van der Waals surface area contributed by atoms with Crippen molar-refractivity contribution < 1.29 is 106 Å². The Hall–Kier alpha value is -9.92. The lowest BCUT2D eigenvalue weighted by Crippen LogP contribution is -2.35. The van der Waals surface area contributed by atoms with Crippen molar-refractivity contribution in [3.8, 4) is 5.95 Å². The molecule has 0 saturated heterocycles. The maximum absolute atomic E-state index is 14.3. The second kappa shape index (κ2) is 25.2. The van der Waals surface area contributed by atoms with E-state index in [2.05, 4.69) is 50.6 Å². The second-order valence-electron chi connectivity index (χ2n) is 20.2. The smallest absolute Gasteiger partial charge is 0.444 e. The summed E-state index contributed by atoms with van der Waals surface area (Å²) in [6.45, 7) is 2.25. The number of azo groups is 1. The maximum atomic E-state index is 14.3. The highest BCUT2D eigenvalue weighted by molar-refractivity contribution is 7.91. The maximum Gasteiger partial charge on any atom is 0.444 e. The van der Waals surface area contributed by atoms with Crippen molar-refractivity contribution in [2.45, 2.75) is 51.7 Å². The number of sulfone groups is 1. The molecule has 14 N–H and O–H groups in total. The molecule has 8 aromatic rings. The van der Waals surface area contributed by atoms with Gasteiger partial charge in [0.15, 0.2) is 21.4 Å². The summed E-state index contributed by atoms with van der Waals surface area (Å²) < 4.78 is 210. The number of aromatic nitrogens is 4. The highest BCUT2D eigenvalue weighted by Gasteiger charge is 2.38. The molecule has 0 unspecified atom stereocenters. The number of benzene rings is 6. The zero-order valence-electron chi connectivity index (χ0n) is 48.0. The largest absolute Gasteiger partial charge is 0.481 e. The molecule has 1 aliphatic carbocycles. The van der Waals surface area contributed by atoms with Gasteiger partial charge in [-0.1, -0.05) is 36.4 Å². The molecule has 0 atom stereocenters. The number of nitrogen functional groups attached to an aromatic ring is 1. The fraction of sp³-hybridized carbons (Fsp3) is 0.132. The number of rotatable bonds is 23. The summed E-state index contributed by atoms with van der Waals surface area (Å²) in [6.07, 6.45) is 1.81. The second-order valence-corrected chi connectivity index (χ2v) is 28.9. The summed E-state index contributed by atoms with van der Waals surface area (Å²) >= 11 is 0. The molecule has 0 spiro atoms. The fourth-order valence-electron chi connectivity index (χ4n) is 9.96. The van der Waals surface area contributed by atoms with Gasteiger partial charge in [-0.15, -0.1) is 15.2 Å². The molecular formula is C53H47N12O23S6+. The summed E-state index contributed by atoms with van der Waals surface area (Å²) in [7, 11) is -30.8. The van der Waals surface area contributed by atoms with Gasteiger partial charge in [0, 0.05) is 28.7 Å². The Labute approximate surface area is 531 Å². The summed E-state index contributed by atoms with van der Waals surface area (Å²) in [5, 5.41) is 27.8. The zero-order chi connectivity index (χ0) is 69.1. The number of carboxylic acids is 1. The Morgan fingerprint density at radius 3 is 1.80 bits per heavy atom. The number of carbonyl (C=O) groups excluding carboxylic acids is 3. The Morgan fingerprint density at radius 2 is 1.21 bits per heavy atom. The van der Waals surface area contributed by atoms with Gasteiger partial charge in [0.05, 0.1) is 81.2 Å². The Kier molecular flexibility index (Phi) is 18.3. The molecule has 9 rings (SSSR count). The molecule has 0 saturated carbocycles. The van der Waals surface area contributed by atoms with E-state index in [-0.39, 0.29) is 50.1 Å². The summed E-state index contributed by atoms with van der Waals surface area (Å²) in [6, 6.07) is 15.1. The van der Waals surface area contributed by atoms with Crippen LogP contribution in [0.5, 0.6) is 0 Å². The highest BCUT2D eigenvalue weighted by Crippen LogP contribution is 2.45. The van der Waals surface area contributed by atoms with E-state index < -0.39 is 202 Å². The van der Waals surface area contributed by atoms with Crippen LogP contribution < -0.4 is 37.3 Å². The first-order valence-electron chi connectivity index (χ1n) is 26.2. The lowest BCUT2D eigenvalue weighted by molar-refractivity contribution is -0.603. The van der Waals surface area contributed by atoms with Crippen molar-refractivity contribution >= 4 is 152 Å². The van der Waals surface area contributed by atoms with E-state index in [0.717, 1.165) is 53.2 Å². The van der Waals surface area contributed by atoms with E-state index >= 15 is 0 Å². The van der Waals surface area contributed by atoms with Crippen LogP contribution in [0.15, 0.2) is 132 Å². The van der Waals surface area contributed by atoms with Gasteiger partial charge in [0.2, 0.25) is 0 Å². The number of nitrogens with zero attached hydrogens (tertiary/aromatic N) is 6. The number of pyridine rings is 1. The van der Waals surface area contributed by atoms with Crippen molar-refractivity contribution in [1.82, 2.24) is 15.0 Å². The number of carbonyl (C=O) groups is 4. The van der Waals surface area contributed by atoms with Crippen molar-refractivity contribution in [1.29, 1.82) is 0 Å². The number of nitrogens with one attached hydrogen (secondary N) is 4. The molecule has 35 nitrogen and oxygen atoms in total. The molecule has 1 amide bonds. The molecule has 41 heteroatoms. The van der Waals surface area contributed by atoms with E-state index in [1.165, 1.54) is 63.4 Å². The fourth-order valence-corrected chi connectivity index (χ4v) is 14.6. The number of aliphatic carboxylic acids is 1. The average molecular weight is 1410 g/mol. The number of anilines is 8. The predicted molar refractivity (Wildman–Crippen MR) is 329 cm³/mol. The van der Waals surface area contributed by atoms with Crippen LogP contribution in [-0.2, 0) is 69.7 Å². The number of primary amides is 1. The Morgan fingerprint density at radius 1 is 0.617 bits per heavy atom. The van der Waals surface area contributed by atoms with Gasteiger partial charge in [-0.2, -0.15) is 42.1 Å². The molecule has 2 aromatic heterocycles. The van der Waals surface area contributed by atoms with Crippen LogP contribution in [0.2, 0.25) is 0 Å². The van der Waals surface area contributed by atoms with Crippen LogP contribution in [0.25, 0.3) is 16.7 Å². The third-order valence-electron chi connectivity index (χ3n) is 14.0. The van der Waals surface area contributed by atoms with E-state index in [1.54, 1.807) is 0 Å². The number of amides is 1. The van der Waals surface area contributed by atoms with Crippen molar-refractivity contribution in [2.75, 3.05) is 45.9 Å². The van der Waals surface area contributed by atoms with E-state index in [0.29, 0.717) is 6.07 Å². The molecule has 2 heterocycles. The monoisotopic (exact) mass is 1410 g/mol. The quantitative estimate of drug-likeness (QED) is 0.0177. The standard InChI is InChI=1S/C53H46N12O23S6/c1-24-44(57-37-22-39(91(76,77)78)43(54)42-41(37)46(68)31-8-4-5-9-32(31)47(42)69)25(2)48(92(79,80)81)26(3)45(24)59-52-60-51(61-53(62-52)65-16-6-7-28(23-65)50(55)70)58-34-20-36(56-15-14-40(66)67)38(90(73,74)75)21-35(34)64-63-33-13-10-27-19-29(11-12-30(27)49(33)93(82,83)84)89(71,72)18-17-88-94(85,86)87/h4-13,16,19-23H,14-15,17-18H2,1-3H3,(H13-,54,55,56,57,58,59,60,61,62,63,64,66,67,68,69,70,73,74,75,76,77,78,79,80,81,82,83,84,85,86,87)/p+1. The van der Waals surface area contributed by atoms with Gasteiger partial charge in [0.25, 0.3) is 46.4 Å². The third kappa shape index (κ3) is 14.3. The van der Waals surface area contributed by atoms with E-state index in [4.69, 9.17) is 16.0 Å². The number of nitrogens with two attached hydrogens (primary N) is 2. The lowest BCUT2D eigenvalue weighted by atomic mass is 9.82. The number of fused-ring (bicyclic) bond motifs is 3. The minimum absolute atomic E-state index is 0.0379. The highest BCUT2D eigenvalue weighted by atomic mass is 32.3. The third-order valence-corrected chi connectivity index (χ3v) is 20.0. The molecule has 6 aromatic carbocycles. The SMILES string of the molecule is Cc1c(Nc2nc(Nc3cc(NCCC(=O)O)c(S(=O)(=O)O)cc3N=Nc3ccc4cc(S(=O)(=O)CCOS(=O)(=O)O)ccc4c3S(=O)(=O)O)nc(-[n+]3cccc(C(N)=O)c3)n2)c(C)c(S(=O)(=O)O)c(C)c1Nc1cc(S(=O)(=O)O)c(N)c2c1C(=O)c1ccccc1C2=O. The lowest BCUT2D eigenvalue weighted by Gasteiger charge is -2.26. The molecule has 0 radical (unpaired) electrons. The van der Waals surface area contributed by atoms with Crippen LogP contribution >= 0.6 is 0 Å². The van der Waals surface area contributed by atoms with Gasteiger partial charge in [-0.25, -0.2) is 17.2 Å². The topological polar surface area (TPSA) is 571 Å². The van der Waals surface area contributed by atoms with Gasteiger partial charge < -0.3 is 37.8 Å². The summed E-state index contributed by atoms with van der Waals surface area (Å²) in [5.74, 6) is -6.77. The average Bonchev–Trinajstić information content (AvgIpc) is 0.731. The number of hydrogen-bond donors (Lipinski definition) is 12. The first-order chi connectivity index (χ1) is 43.6. The van der Waals surface area contributed by atoms with Crippen molar-refractivity contribution in [2.24, 2.45) is 16.0 Å². The molecule has 1 aliphatic rings. The minimum atomic E-state index is -5.40. The molecule has 0 aliphatic heterocycles. The van der Waals surface area contributed by atoms with Gasteiger partial charge in [-0.3, -0.25) is 41.9 Å². The summed E-state index contributed by atoms with van der Waals surface area (Å²) in [5.41, 5.74) is 5.32. The molecule has 94 heavy (non-hydrogen) atoms. The van der Waals surface area contributed by atoms with Crippen LogP contribution in [0.1, 0.15) is 65.3 Å².